The van der Waals surface area contributed by atoms with Crippen LogP contribution in [0.1, 0.15) is 43.6 Å². The maximum absolute atomic E-state index is 12.5. The zero-order valence-corrected chi connectivity index (χ0v) is 16.0. The van der Waals surface area contributed by atoms with Gasteiger partial charge in [-0.1, -0.05) is 30.3 Å². The second-order valence-electron chi connectivity index (χ2n) is 6.23. The van der Waals surface area contributed by atoms with Crippen LogP contribution in [0.25, 0.3) is 0 Å². The molecule has 3 aromatic rings. The summed E-state index contributed by atoms with van der Waals surface area (Å²) in [6.07, 6.45) is -0.0595. The van der Waals surface area contributed by atoms with Gasteiger partial charge in [0.15, 0.2) is 5.78 Å². The van der Waals surface area contributed by atoms with Gasteiger partial charge in [0.1, 0.15) is 0 Å². The lowest BCUT2D eigenvalue weighted by molar-refractivity contribution is 0.0716. The van der Waals surface area contributed by atoms with Crippen molar-refractivity contribution in [2.24, 2.45) is 0 Å². The number of ketones is 1. The van der Waals surface area contributed by atoms with Crippen LogP contribution in [0.5, 0.6) is 11.8 Å². The number of carbonyl (C=O) groups is 3. The number of pyridine rings is 1. The van der Waals surface area contributed by atoms with E-state index in [4.69, 9.17) is 14.7 Å². The quantitative estimate of drug-likeness (QED) is 0.458. The first kappa shape index (κ1) is 20.4. The summed E-state index contributed by atoms with van der Waals surface area (Å²) in [5.41, 5.74) is 1.20. The summed E-state index contributed by atoms with van der Waals surface area (Å²) in [5, 5.41) is 9.02. The van der Waals surface area contributed by atoms with Crippen LogP contribution in [0, 0.1) is 11.3 Å². The van der Waals surface area contributed by atoms with Gasteiger partial charge in [0.05, 0.1) is 23.6 Å². The van der Waals surface area contributed by atoms with Gasteiger partial charge in [-0.05, 0) is 37.3 Å². The molecule has 0 N–H and O–H groups in total. The van der Waals surface area contributed by atoms with Gasteiger partial charge in [0, 0.05) is 17.2 Å². The molecule has 0 atom stereocenters. The third-order valence-corrected chi connectivity index (χ3v) is 4.08. The van der Waals surface area contributed by atoms with Gasteiger partial charge in [0.25, 0.3) is 0 Å². The van der Waals surface area contributed by atoms with Gasteiger partial charge in [-0.2, -0.15) is 10.2 Å². The van der Waals surface area contributed by atoms with Gasteiger partial charge in [-0.3, -0.25) is 4.79 Å². The molecule has 0 aliphatic heterocycles. The van der Waals surface area contributed by atoms with Crippen molar-refractivity contribution in [1.29, 1.82) is 5.26 Å². The molecule has 0 saturated carbocycles. The summed E-state index contributed by atoms with van der Waals surface area (Å²) in [5.74, 6) is -1.79. The third kappa shape index (κ3) is 4.94. The zero-order chi connectivity index (χ0) is 21.5. The lowest BCUT2D eigenvalue weighted by Crippen LogP contribution is -2.14. The summed E-state index contributed by atoms with van der Waals surface area (Å²) < 4.78 is 10.6. The summed E-state index contributed by atoms with van der Waals surface area (Å²) in [6.45, 7) is 1.39. The molecule has 0 unspecified atom stereocenters. The molecule has 30 heavy (non-hydrogen) atoms. The topological polar surface area (TPSA) is 106 Å². The molecule has 0 fully saturated rings. The fourth-order valence-corrected chi connectivity index (χ4v) is 2.56. The molecule has 0 radical (unpaired) electrons. The zero-order valence-electron chi connectivity index (χ0n) is 16.0. The molecule has 1 aromatic heterocycles. The number of hydrogen-bond donors (Lipinski definition) is 0. The average Bonchev–Trinajstić information content (AvgIpc) is 2.76. The van der Waals surface area contributed by atoms with E-state index in [1.165, 1.54) is 31.2 Å². The standard InChI is InChI=1S/C23H16N2O5/c1-15(26)18-8-5-9-19(14-18)23(28)30-21-16(12-13-24)10-11-20(25-21)29-22(27)17-6-3-2-4-7-17/h2-11,14H,12H2,1H3. The number of ether oxygens (including phenoxy) is 2. The fourth-order valence-electron chi connectivity index (χ4n) is 2.56. The fraction of sp³-hybridized carbons (Fsp3) is 0.0870. The van der Waals surface area contributed by atoms with E-state index >= 15 is 0 Å². The highest BCUT2D eigenvalue weighted by molar-refractivity contribution is 5.98. The lowest BCUT2D eigenvalue weighted by atomic mass is 10.1. The van der Waals surface area contributed by atoms with Crippen LogP contribution in [-0.2, 0) is 6.42 Å². The Kier molecular flexibility index (Phi) is 6.30. The van der Waals surface area contributed by atoms with Crippen LogP contribution in [0.3, 0.4) is 0 Å². The van der Waals surface area contributed by atoms with Gasteiger partial charge in [-0.25, -0.2) is 9.59 Å². The van der Waals surface area contributed by atoms with Crippen LogP contribution in [-0.4, -0.2) is 22.7 Å². The normalized spacial score (nSPS) is 10.0. The number of aromatic nitrogens is 1. The maximum atomic E-state index is 12.5. The van der Waals surface area contributed by atoms with Gasteiger partial charge in [-0.15, -0.1) is 0 Å². The number of esters is 2. The molecule has 3 rings (SSSR count). The van der Waals surface area contributed by atoms with Crippen LogP contribution < -0.4 is 9.47 Å². The molecule has 7 nitrogen and oxygen atoms in total. The van der Waals surface area contributed by atoms with E-state index in [1.807, 2.05) is 6.07 Å². The van der Waals surface area contributed by atoms with E-state index in [9.17, 15) is 14.4 Å². The molecule has 0 amide bonds. The maximum Gasteiger partial charge on any atom is 0.344 e. The first-order valence-corrected chi connectivity index (χ1v) is 8.95. The molecular formula is C23H16N2O5. The van der Waals surface area contributed by atoms with Crippen molar-refractivity contribution in [2.45, 2.75) is 13.3 Å². The molecule has 0 saturated heterocycles. The Morgan fingerprint density at radius 3 is 2.23 bits per heavy atom. The Hall–Kier alpha value is -4.31. The third-order valence-electron chi connectivity index (χ3n) is 4.08. The van der Waals surface area contributed by atoms with Crippen LogP contribution in [0.4, 0.5) is 0 Å². The van der Waals surface area contributed by atoms with E-state index in [0.29, 0.717) is 16.7 Å². The van der Waals surface area contributed by atoms with E-state index < -0.39 is 11.9 Å². The highest BCUT2D eigenvalue weighted by Crippen LogP contribution is 2.23. The van der Waals surface area contributed by atoms with E-state index in [2.05, 4.69) is 4.98 Å². The highest BCUT2D eigenvalue weighted by atomic mass is 16.6. The minimum atomic E-state index is -0.753. The first-order valence-electron chi connectivity index (χ1n) is 8.95. The SMILES string of the molecule is CC(=O)c1cccc(C(=O)Oc2nc(OC(=O)c3ccccc3)ccc2CC#N)c1. The van der Waals surface area contributed by atoms with Crippen LogP contribution in [0.2, 0.25) is 0 Å². The first-order chi connectivity index (χ1) is 14.5. The summed E-state index contributed by atoms with van der Waals surface area (Å²) >= 11 is 0. The van der Waals surface area contributed by atoms with Gasteiger partial charge >= 0.3 is 11.9 Å². The number of nitriles is 1. The molecule has 1 heterocycles. The monoisotopic (exact) mass is 400 g/mol. The second-order valence-corrected chi connectivity index (χ2v) is 6.23. The Balaban J connectivity index is 1.85. The molecular weight excluding hydrogens is 384 g/mol. The number of carbonyl (C=O) groups excluding carboxylic acids is 3. The number of Topliss-reactive ketones (excluding diaryl/α,β-unsaturated/α-hetero) is 1. The molecule has 7 heteroatoms. The second kappa shape index (κ2) is 9.26. The van der Waals surface area contributed by atoms with Crippen molar-refractivity contribution in [3.8, 4) is 17.8 Å². The molecule has 2 aromatic carbocycles. The molecule has 0 spiro atoms. The molecule has 0 bridgehead atoms. The molecule has 148 valence electrons. The largest absolute Gasteiger partial charge is 0.404 e. The molecule has 0 aliphatic rings. The number of rotatable bonds is 6. The summed E-state index contributed by atoms with van der Waals surface area (Å²) in [4.78, 5) is 40.4. The Morgan fingerprint density at radius 1 is 0.867 bits per heavy atom. The van der Waals surface area contributed by atoms with Crippen molar-refractivity contribution in [2.75, 3.05) is 0 Å². The van der Waals surface area contributed by atoms with Crippen molar-refractivity contribution >= 4 is 17.7 Å². The summed E-state index contributed by atoms with van der Waals surface area (Å²) in [7, 11) is 0. The molecule has 0 aliphatic carbocycles. The van der Waals surface area contributed by atoms with Crippen molar-refractivity contribution < 1.29 is 23.9 Å². The predicted molar refractivity (Wildman–Crippen MR) is 106 cm³/mol. The van der Waals surface area contributed by atoms with Crippen LogP contribution >= 0.6 is 0 Å². The van der Waals surface area contributed by atoms with Crippen molar-refractivity contribution in [3.05, 3.63) is 89.0 Å². The average molecular weight is 400 g/mol. The number of benzene rings is 2. The predicted octanol–water partition coefficient (Wildman–Crippen LogP) is 3.79. The minimum Gasteiger partial charge on any atom is -0.404 e. The van der Waals surface area contributed by atoms with Crippen LogP contribution in [0.15, 0.2) is 66.7 Å². The van der Waals surface area contributed by atoms with E-state index in [0.717, 1.165) is 0 Å². The van der Waals surface area contributed by atoms with E-state index in [1.54, 1.807) is 42.5 Å². The lowest BCUT2D eigenvalue weighted by Gasteiger charge is -2.10. The smallest absolute Gasteiger partial charge is 0.344 e. The van der Waals surface area contributed by atoms with Crippen molar-refractivity contribution in [3.63, 3.8) is 0 Å². The van der Waals surface area contributed by atoms with E-state index in [-0.39, 0.29) is 29.5 Å². The van der Waals surface area contributed by atoms with Gasteiger partial charge < -0.3 is 9.47 Å². The van der Waals surface area contributed by atoms with Gasteiger partial charge in [0.2, 0.25) is 11.8 Å². The summed E-state index contributed by atoms with van der Waals surface area (Å²) in [6, 6.07) is 19.3. The Labute approximate surface area is 172 Å². The Morgan fingerprint density at radius 2 is 1.53 bits per heavy atom. The highest BCUT2D eigenvalue weighted by Gasteiger charge is 2.17. The van der Waals surface area contributed by atoms with Crippen molar-refractivity contribution in [1.82, 2.24) is 4.98 Å². The Bertz CT molecular complexity index is 1150. The minimum absolute atomic E-state index is 0.0595. The number of nitrogens with zero attached hydrogens (tertiary/aromatic N) is 2. The number of hydrogen-bond acceptors (Lipinski definition) is 7.